The maximum atomic E-state index is 8.74. The van der Waals surface area contributed by atoms with Crippen LogP contribution >= 0.6 is 15.9 Å². The molecule has 104 valence electrons. The minimum absolute atomic E-state index is 0.0184. The van der Waals surface area contributed by atoms with Crippen LogP contribution in [0.3, 0.4) is 0 Å². The van der Waals surface area contributed by atoms with Gasteiger partial charge in [-0.2, -0.15) is 0 Å². The highest BCUT2D eigenvalue weighted by atomic mass is 79.9. The van der Waals surface area contributed by atoms with Gasteiger partial charge in [0.15, 0.2) is 5.84 Å². The van der Waals surface area contributed by atoms with Gasteiger partial charge in [-0.3, -0.25) is 4.98 Å². The lowest BCUT2D eigenvalue weighted by atomic mass is 10.1. The van der Waals surface area contributed by atoms with Gasteiger partial charge in [0.05, 0.1) is 0 Å². The molecule has 0 aliphatic rings. The molecule has 0 spiro atoms. The Morgan fingerprint density at radius 1 is 1.30 bits per heavy atom. The van der Waals surface area contributed by atoms with Crippen LogP contribution in [0.1, 0.15) is 16.8 Å². The quantitative estimate of drug-likeness (QED) is 0.339. The van der Waals surface area contributed by atoms with E-state index in [1.54, 1.807) is 6.20 Å². The van der Waals surface area contributed by atoms with Crippen molar-refractivity contribution in [2.45, 2.75) is 13.1 Å². The molecule has 0 bridgehead atoms. The fourth-order valence-electron chi connectivity index (χ4n) is 1.85. The molecule has 0 aliphatic heterocycles. The molecule has 5 nitrogen and oxygen atoms in total. The monoisotopic (exact) mass is 334 g/mol. The average Bonchev–Trinajstić information content (AvgIpc) is 2.47. The first-order valence-electron chi connectivity index (χ1n) is 6.07. The number of rotatable bonds is 5. The summed E-state index contributed by atoms with van der Waals surface area (Å²) in [4.78, 5) is 4.13. The molecule has 1 aromatic carbocycles. The van der Waals surface area contributed by atoms with Crippen molar-refractivity contribution in [3.8, 4) is 0 Å². The van der Waals surface area contributed by atoms with E-state index in [4.69, 9.17) is 10.9 Å². The predicted octanol–water partition coefficient (Wildman–Crippen LogP) is 2.23. The van der Waals surface area contributed by atoms with Crippen LogP contribution in [0.15, 0.2) is 52.2 Å². The number of amidine groups is 1. The molecule has 0 radical (unpaired) electrons. The maximum absolute atomic E-state index is 8.74. The Hall–Kier alpha value is -1.92. The highest BCUT2D eigenvalue weighted by molar-refractivity contribution is 9.10. The molecular formula is C14H15BrN4O. The van der Waals surface area contributed by atoms with Crippen molar-refractivity contribution in [1.82, 2.24) is 10.3 Å². The second-order valence-electron chi connectivity index (χ2n) is 4.23. The van der Waals surface area contributed by atoms with E-state index < -0.39 is 0 Å². The fraction of sp³-hybridized carbons (Fsp3) is 0.143. The van der Waals surface area contributed by atoms with Gasteiger partial charge >= 0.3 is 0 Å². The van der Waals surface area contributed by atoms with Gasteiger partial charge in [0.2, 0.25) is 0 Å². The van der Waals surface area contributed by atoms with E-state index in [-0.39, 0.29) is 5.84 Å². The van der Waals surface area contributed by atoms with E-state index in [1.807, 2.05) is 30.3 Å². The fourth-order valence-corrected chi connectivity index (χ4v) is 2.29. The van der Waals surface area contributed by atoms with Gasteiger partial charge in [-0.05, 0) is 29.3 Å². The van der Waals surface area contributed by atoms with E-state index in [2.05, 4.69) is 37.5 Å². The van der Waals surface area contributed by atoms with Gasteiger partial charge < -0.3 is 16.3 Å². The molecule has 2 rings (SSSR count). The van der Waals surface area contributed by atoms with Crippen LogP contribution in [0.2, 0.25) is 0 Å². The predicted molar refractivity (Wildman–Crippen MR) is 81.4 cm³/mol. The third kappa shape index (κ3) is 3.79. The number of pyridine rings is 1. The van der Waals surface area contributed by atoms with Gasteiger partial charge in [-0.25, -0.2) is 0 Å². The number of aromatic nitrogens is 1. The third-order valence-corrected chi connectivity index (χ3v) is 3.27. The Labute approximate surface area is 125 Å². The summed E-state index contributed by atoms with van der Waals surface area (Å²) in [5, 5.41) is 15.1. The van der Waals surface area contributed by atoms with Crippen LogP contribution in [-0.4, -0.2) is 16.0 Å². The van der Waals surface area contributed by atoms with E-state index in [0.717, 1.165) is 16.6 Å². The molecule has 20 heavy (non-hydrogen) atoms. The van der Waals surface area contributed by atoms with Crippen molar-refractivity contribution in [1.29, 1.82) is 0 Å². The lowest BCUT2D eigenvalue weighted by Crippen LogP contribution is -2.21. The Bertz CT molecular complexity index is 616. The number of nitrogens with zero attached hydrogens (tertiary/aromatic N) is 2. The summed E-state index contributed by atoms with van der Waals surface area (Å²) in [6.07, 6.45) is 1.62. The lowest BCUT2D eigenvalue weighted by Gasteiger charge is -2.09. The maximum Gasteiger partial charge on any atom is 0.189 e. The summed E-state index contributed by atoms with van der Waals surface area (Å²) in [5.74, 6) is 0.0184. The van der Waals surface area contributed by atoms with E-state index in [0.29, 0.717) is 12.2 Å². The molecule has 0 unspecified atom stereocenters. The number of hydrogen-bond donors (Lipinski definition) is 3. The summed E-state index contributed by atoms with van der Waals surface area (Å²) in [7, 11) is 0. The molecular weight excluding hydrogens is 320 g/mol. The van der Waals surface area contributed by atoms with Crippen molar-refractivity contribution in [3.63, 3.8) is 0 Å². The molecule has 4 N–H and O–H groups in total. The zero-order chi connectivity index (χ0) is 14.4. The number of hydrogen-bond acceptors (Lipinski definition) is 4. The summed E-state index contributed by atoms with van der Waals surface area (Å²) < 4.78 is 1.05. The van der Waals surface area contributed by atoms with Crippen LogP contribution in [0.25, 0.3) is 0 Å². The molecule has 0 fully saturated rings. The summed E-state index contributed by atoms with van der Waals surface area (Å²) in [6, 6.07) is 11.8. The van der Waals surface area contributed by atoms with Gasteiger partial charge in [0, 0.05) is 23.8 Å². The molecule has 0 saturated heterocycles. The normalized spacial score (nSPS) is 11.6. The van der Waals surface area contributed by atoms with Crippen molar-refractivity contribution in [2.75, 3.05) is 0 Å². The van der Waals surface area contributed by atoms with Gasteiger partial charge in [0.25, 0.3) is 0 Å². The topological polar surface area (TPSA) is 83.5 Å². The van der Waals surface area contributed by atoms with Crippen LogP contribution in [0, 0.1) is 0 Å². The SMILES string of the molecule is NC(=NO)c1ncccc1CNCc1cccc(Br)c1. The first kappa shape index (κ1) is 14.5. The van der Waals surface area contributed by atoms with Crippen LogP contribution in [0.5, 0.6) is 0 Å². The van der Waals surface area contributed by atoms with Gasteiger partial charge in [-0.15, -0.1) is 0 Å². The van der Waals surface area contributed by atoms with Crippen molar-refractivity contribution in [3.05, 3.63) is 63.9 Å². The molecule has 0 saturated carbocycles. The minimum atomic E-state index is 0.0184. The number of benzene rings is 1. The molecule has 1 heterocycles. The molecule has 6 heteroatoms. The first-order chi connectivity index (χ1) is 9.70. The van der Waals surface area contributed by atoms with E-state index >= 15 is 0 Å². The second kappa shape index (κ2) is 7.02. The Morgan fingerprint density at radius 3 is 2.90 bits per heavy atom. The number of nitrogens with one attached hydrogen (secondary N) is 1. The smallest absolute Gasteiger partial charge is 0.189 e. The van der Waals surface area contributed by atoms with Crippen LogP contribution in [0.4, 0.5) is 0 Å². The van der Waals surface area contributed by atoms with E-state index in [1.165, 1.54) is 5.56 Å². The Balaban J connectivity index is 2.01. The largest absolute Gasteiger partial charge is 0.409 e. The van der Waals surface area contributed by atoms with Crippen LogP contribution in [-0.2, 0) is 13.1 Å². The average molecular weight is 335 g/mol. The van der Waals surface area contributed by atoms with Gasteiger partial charge in [0.1, 0.15) is 5.69 Å². The molecule has 0 atom stereocenters. The molecule has 0 amide bonds. The summed E-state index contributed by atoms with van der Waals surface area (Å²) in [5.41, 5.74) is 8.16. The highest BCUT2D eigenvalue weighted by Crippen LogP contribution is 2.12. The van der Waals surface area contributed by atoms with Gasteiger partial charge in [-0.1, -0.05) is 39.3 Å². The van der Waals surface area contributed by atoms with Crippen molar-refractivity contribution in [2.24, 2.45) is 10.9 Å². The minimum Gasteiger partial charge on any atom is -0.409 e. The number of oxime groups is 1. The Morgan fingerprint density at radius 2 is 2.15 bits per heavy atom. The lowest BCUT2D eigenvalue weighted by molar-refractivity contribution is 0.318. The third-order valence-electron chi connectivity index (χ3n) is 2.78. The number of nitrogens with two attached hydrogens (primary N) is 1. The van der Waals surface area contributed by atoms with Crippen molar-refractivity contribution < 1.29 is 5.21 Å². The molecule has 0 aliphatic carbocycles. The summed E-state index contributed by atoms with van der Waals surface area (Å²) >= 11 is 3.44. The molecule has 2 aromatic rings. The second-order valence-corrected chi connectivity index (χ2v) is 5.15. The van der Waals surface area contributed by atoms with Crippen molar-refractivity contribution >= 4 is 21.8 Å². The Kier molecular flexibility index (Phi) is 5.09. The molecule has 1 aromatic heterocycles. The van der Waals surface area contributed by atoms with Crippen LogP contribution < -0.4 is 11.1 Å². The standard InChI is InChI=1S/C14H15BrN4O/c15-12-5-1-3-10(7-12)8-17-9-11-4-2-6-18-13(11)14(16)19-20/h1-7,17,20H,8-9H2,(H2,16,19). The highest BCUT2D eigenvalue weighted by Gasteiger charge is 2.07. The first-order valence-corrected chi connectivity index (χ1v) is 6.87. The van der Waals surface area contributed by atoms with E-state index in [9.17, 15) is 0 Å². The zero-order valence-electron chi connectivity index (χ0n) is 10.8. The summed E-state index contributed by atoms with van der Waals surface area (Å²) in [6.45, 7) is 1.32. The number of halogens is 1. The zero-order valence-corrected chi connectivity index (χ0v) is 12.3.